The molecule has 0 radical (unpaired) electrons. The van der Waals surface area contributed by atoms with Crippen LogP contribution in [0.4, 0.5) is 0 Å². The monoisotopic (exact) mass is 313 g/mol. The molecule has 7 heteroatoms. The van der Waals surface area contributed by atoms with E-state index in [1.165, 1.54) is 12.1 Å². The average Bonchev–Trinajstić information content (AvgIpc) is 2.46. The van der Waals surface area contributed by atoms with Crippen LogP contribution in [0.1, 0.15) is 37.7 Å². The molecule has 0 bridgehead atoms. The standard InChI is InChI=1S/C14H19NO5S/c1-12-5-7-13(8-6-12)21(18,19)20-11-14(15(16)17)9-3-2-4-10-14/h5-8H,2-4,9-11H2,1H3. The first-order valence-corrected chi connectivity index (χ1v) is 8.37. The van der Waals surface area contributed by atoms with Crippen molar-refractivity contribution in [2.24, 2.45) is 0 Å². The molecule has 2 rings (SSSR count). The van der Waals surface area contributed by atoms with Gasteiger partial charge in [0.1, 0.15) is 6.61 Å². The first-order valence-electron chi connectivity index (χ1n) is 6.96. The van der Waals surface area contributed by atoms with Gasteiger partial charge in [0, 0.05) is 17.8 Å². The van der Waals surface area contributed by atoms with Crippen LogP contribution in [-0.4, -0.2) is 25.5 Å². The summed E-state index contributed by atoms with van der Waals surface area (Å²) in [5.74, 6) is 0. The normalized spacial score (nSPS) is 18.3. The van der Waals surface area contributed by atoms with Crippen LogP contribution in [0.25, 0.3) is 0 Å². The lowest BCUT2D eigenvalue weighted by molar-refractivity contribution is -0.577. The van der Waals surface area contributed by atoms with Crippen molar-refractivity contribution in [3.05, 3.63) is 39.9 Å². The quantitative estimate of drug-likeness (QED) is 0.474. The molecule has 1 saturated carbocycles. The molecular weight excluding hydrogens is 294 g/mol. The van der Waals surface area contributed by atoms with Crippen molar-refractivity contribution in [3.8, 4) is 0 Å². The minimum absolute atomic E-state index is 0.0300. The van der Waals surface area contributed by atoms with Crippen LogP contribution in [0.15, 0.2) is 29.2 Å². The first-order chi connectivity index (χ1) is 9.86. The summed E-state index contributed by atoms with van der Waals surface area (Å²) in [4.78, 5) is 11.0. The Morgan fingerprint density at radius 3 is 2.29 bits per heavy atom. The summed E-state index contributed by atoms with van der Waals surface area (Å²) in [6, 6.07) is 6.23. The van der Waals surface area contributed by atoms with E-state index in [-0.39, 0.29) is 9.82 Å². The van der Waals surface area contributed by atoms with Crippen molar-refractivity contribution in [2.75, 3.05) is 6.61 Å². The fraction of sp³-hybridized carbons (Fsp3) is 0.571. The van der Waals surface area contributed by atoms with Gasteiger partial charge in [-0.3, -0.25) is 14.3 Å². The highest BCUT2D eigenvalue weighted by Crippen LogP contribution is 2.32. The zero-order valence-corrected chi connectivity index (χ0v) is 12.8. The maximum Gasteiger partial charge on any atom is 0.297 e. The van der Waals surface area contributed by atoms with E-state index in [4.69, 9.17) is 4.18 Å². The van der Waals surface area contributed by atoms with Crippen molar-refractivity contribution < 1.29 is 17.5 Å². The summed E-state index contributed by atoms with van der Waals surface area (Å²) in [6.45, 7) is 1.46. The fourth-order valence-electron chi connectivity index (χ4n) is 2.55. The Labute approximate surface area is 124 Å². The predicted octanol–water partition coefficient (Wildman–Crippen LogP) is 2.68. The Bertz CT molecular complexity index is 603. The van der Waals surface area contributed by atoms with E-state index in [1.54, 1.807) is 12.1 Å². The average molecular weight is 313 g/mol. The summed E-state index contributed by atoms with van der Waals surface area (Å²) in [7, 11) is -3.95. The van der Waals surface area contributed by atoms with Crippen molar-refractivity contribution in [2.45, 2.75) is 49.5 Å². The second-order valence-corrected chi connectivity index (χ2v) is 7.19. The summed E-state index contributed by atoms with van der Waals surface area (Å²) in [6.07, 6.45) is 3.14. The van der Waals surface area contributed by atoms with E-state index in [9.17, 15) is 18.5 Å². The van der Waals surface area contributed by atoms with Gasteiger partial charge in [-0.1, -0.05) is 24.1 Å². The zero-order chi connectivity index (χ0) is 15.5. The van der Waals surface area contributed by atoms with E-state index in [0.717, 1.165) is 24.8 Å². The highest BCUT2D eigenvalue weighted by Gasteiger charge is 2.45. The topological polar surface area (TPSA) is 86.5 Å². The van der Waals surface area contributed by atoms with Crippen molar-refractivity contribution in [1.82, 2.24) is 0 Å². The molecule has 0 aromatic heterocycles. The Balaban J connectivity index is 2.13. The molecule has 1 aliphatic rings. The number of aryl methyl sites for hydroxylation is 1. The fourth-order valence-corrected chi connectivity index (χ4v) is 3.53. The number of hydrogen-bond acceptors (Lipinski definition) is 5. The number of nitro groups is 1. The van der Waals surface area contributed by atoms with Gasteiger partial charge < -0.3 is 0 Å². The Hall–Kier alpha value is -1.47. The van der Waals surface area contributed by atoms with Gasteiger partial charge >= 0.3 is 0 Å². The first kappa shape index (κ1) is 15.9. The molecule has 6 nitrogen and oxygen atoms in total. The molecule has 116 valence electrons. The van der Waals surface area contributed by atoms with Crippen LogP contribution in [0, 0.1) is 17.0 Å². The number of rotatable bonds is 5. The molecule has 0 heterocycles. The molecule has 0 aliphatic heterocycles. The molecule has 21 heavy (non-hydrogen) atoms. The van der Waals surface area contributed by atoms with Crippen LogP contribution in [0.2, 0.25) is 0 Å². The molecular formula is C14H19NO5S. The summed E-state index contributed by atoms with van der Waals surface area (Å²) >= 11 is 0. The van der Waals surface area contributed by atoms with Crippen LogP contribution >= 0.6 is 0 Å². The SMILES string of the molecule is Cc1ccc(S(=O)(=O)OCC2([N+](=O)[O-])CCCCC2)cc1. The second-order valence-electron chi connectivity index (χ2n) is 5.57. The van der Waals surface area contributed by atoms with E-state index >= 15 is 0 Å². The maximum atomic E-state index is 12.1. The summed E-state index contributed by atoms with van der Waals surface area (Å²) < 4.78 is 29.2. The van der Waals surface area contributed by atoms with Gasteiger partial charge in [-0.25, -0.2) is 0 Å². The number of hydrogen-bond donors (Lipinski definition) is 0. The lowest BCUT2D eigenvalue weighted by atomic mass is 9.83. The number of benzene rings is 1. The highest BCUT2D eigenvalue weighted by atomic mass is 32.2. The van der Waals surface area contributed by atoms with Gasteiger partial charge in [-0.05, 0) is 31.9 Å². The Morgan fingerprint density at radius 1 is 1.19 bits per heavy atom. The molecule has 1 aliphatic carbocycles. The van der Waals surface area contributed by atoms with Gasteiger partial charge in [0.15, 0.2) is 0 Å². The van der Waals surface area contributed by atoms with Gasteiger partial charge in [0.25, 0.3) is 10.1 Å². The van der Waals surface area contributed by atoms with Crippen molar-refractivity contribution in [3.63, 3.8) is 0 Å². The molecule has 0 atom stereocenters. The van der Waals surface area contributed by atoms with Crippen molar-refractivity contribution >= 4 is 10.1 Å². The molecule has 0 saturated heterocycles. The van der Waals surface area contributed by atoms with E-state index < -0.39 is 22.3 Å². The van der Waals surface area contributed by atoms with Gasteiger partial charge in [0.05, 0.1) is 4.90 Å². The molecule has 1 aromatic carbocycles. The molecule has 0 spiro atoms. The lowest BCUT2D eigenvalue weighted by Crippen LogP contribution is -2.45. The van der Waals surface area contributed by atoms with E-state index in [0.29, 0.717) is 12.8 Å². The molecule has 0 N–H and O–H groups in total. The predicted molar refractivity (Wildman–Crippen MR) is 77.1 cm³/mol. The Kier molecular flexibility index (Phi) is 4.63. The third kappa shape index (κ3) is 3.59. The molecule has 1 aromatic rings. The second kappa shape index (κ2) is 6.11. The lowest BCUT2D eigenvalue weighted by Gasteiger charge is -2.28. The van der Waals surface area contributed by atoms with Crippen LogP contribution in [-0.2, 0) is 14.3 Å². The maximum absolute atomic E-state index is 12.1. The van der Waals surface area contributed by atoms with E-state index in [2.05, 4.69) is 0 Å². The molecule has 1 fully saturated rings. The molecule has 0 unspecified atom stereocenters. The van der Waals surface area contributed by atoms with Crippen LogP contribution in [0.5, 0.6) is 0 Å². The van der Waals surface area contributed by atoms with E-state index in [1.807, 2.05) is 6.92 Å². The number of nitrogens with zero attached hydrogens (tertiary/aromatic N) is 1. The third-order valence-corrected chi connectivity index (χ3v) is 5.24. The van der Waals surface area contributed by atoms with Gasteiger partial charge in [0.2, 0.25) is 5.54 Å². The third-order valence-electron chi connectivity index (χ3n) is 3.96. The van der Waals surface area contributed by atoms with Gasteiger partial charge in [-0.2, -0.15) is 8.42 Å². The largest absolute Gasteiger partial charge is 0.297 e. The van der Waals surface area contributed by atoms with Gasteiger partial charge in [-0.15, -0.1) is 0 Å². The van der Waals surface area contributed by atoms with Crippen LogP contribution in [0.3, 0.4) is 0 Å². The van der Waals surface area contributed by atoms with Crippen molar-refractivity contribution in [1.29, 1.82) is 0 Å². The molecule has 0 amide bonds. The minimum atomic E-state index is -3.95. The highest BCUT2D eigenvalue weighted by molar-refractivity contribution is 7.86. The summed E-state index contributed by atoms with van der Waals surface area (Å²) in [5, 5.41) is 11.3. The Morgan fingerprint density at radius 2 is 1.76 bits per heavy atom. The minimum Gasteiger partial charge on any atom is -0.264 e. The zero-order valence-electron chi connectivity index (χ0n) is 11.9. The summed E-state index contributed by atoms with van der Waals surface area (Å²) in [5.41, 5.74) is -0.335. The smallest absolute Gasteiger partial charge is 0.264 e. The van der Waals surface area contributed by atoms with Crippen LogP contribution < -0.4 is 0 Å².